The molecule has 2 aliphatic heterocycles. The van der Waals surface area contributed by atoms with E-state index in [9.17, 15) is 0 Å². The molecule has 6 heteroatoms. The molecule has 0 amide bonds. The minimum absolute atomic E-state index is 0.0303. The zero-order valence-corrected chi connectivity index (χ0v) is 20.7. The van der Waals surface area contributed by atoms with Crippen molar-refractivity contribution in [1.29, 1.82) is 0 Å². The Morgan fingerprint density at radius 2 is 0.658 bits per heavy atom. The van der Waals surface area contributed by atoms with Crippen LogP contribution in [-0.2, 0) is 0 Å². The maximum Gasteiger partial charge on any atom is 0.406 e. The topological polar surface area (TPSA) is 48.1 Å². The number of hydrogen-bond donors (Lipinski definition) is 4. The average molecular weight is 486 g/mol. The summed E-state index contributed by atoms with van der Waals surface area (Å²) in [6.45, 7) is 0.0606. The molecule has 178 valence electrons. The van der Waals surface area contributed by atoms with Gasteiger partial charge in [0.1, 0.15) is 0 Å². The van der Waals surface area contributed by atoms with Crippen LogP contribution in [0.25, 0.3) is 32.7 Å². The third-order valence-corrected chi connectivity index (χ3v) is 7.83. The van der Waals surface area contributed by atoms with Crippen molar-refractivity contribution in [3.63, 3.8) is 0 Å². The van der Waals surface area contributed by atoms with Crippen molar-refractivity contribution in [2.45, 2.75) is 0 Å². The van der Waals surface area contributed by atoms with Crippen LogP contribution >= 0.6 is 0 Å². The van der Waals surface area contributed by atoms with Gasteiger partial charge >= 0.3 is 14.0 Å². The van der Waals surface area contributed by atoms with Crippen LogP contribution in [0.3, 0.4) is 0 Å². The van der Waals surface area contributed by atoms with Crippen molar-refractivity contribution < 1.29 is 0 Å². The van der Waals surface area contributed by atoms with Gasteiger partial charge in [-0.15, -0.1) is 0 Å². The van der Waals surface area contributed by atoms with Crippen molar-refractivity contribution in [2.24, 2.45) is 0 Å². The molecule has 0 saturated carbocycles. The molecular formula is C32H24B2N4. The number of rotatable bonds is 3. The normalized spacial score (nSPS) is 13.5. The Bertz CT molecular complexity index is 1620. The van der Waals surface area contributed by atoms with Gasteiger partial charge in [-0.3, -0.25) is 0 Å². The zero-order chi connectivity index (χ0) is 25.1. The molecule has 0 atom stereocenters. The van der Waals surface area contributed by atoms with Gasteiger partial charge in [0.2, 0.25) is 0 Å². The Balaban J connectivity index is 1.02. The predicted molar refractivity (Wildman–Crippen MR) is 165 cm³/mol. The highest BCUT2D eigenvalue weighted by Gasteiger charge is 2.26. The monoisotopic (exact) mass is 486 g/mol. The molecule has 0 spiro atoms. The van der Waals surface area contributed by atoms with Crippen molar-refractivity contribution >= 4 is 69.2 Å². The summed E-state index contributed by atoms with van der Waals surface area (Å²) >= 11 is 0. The highest BCUT2D eigenvalue weighted by molar-refractivity contribution is 6.80. The Kier molecular flexibility index (Phi) is 4.68. The van der Waals surface area contributed by atoms with Crippen molar-refractivity contribution in [3.8, 4) is 11.1 Å². The van der Waals surface area contributed by atoms with Crippen LogP contribution in [0, 0.1) is 0 Å². The van der Waals surface area contributed by atoms with E-state index in [1.165, 1.54) is 66.3 Å². The van der Waals surface area contributed by atoms with Crippen LogP contribution in [0.2, 0.25) is 0 Å². The minimum atomic E-state index is 0.0303. The standard InChI is InChI=1S/C32H24B2N4/c1-5-23-6-2-10-28-31(23)27(9-1)35-33(36-28)25-17-13-21(14-18-25)22-15-19-26(20-16-22)34-37-29-11-3-7-24-8-4-12-30(38-34)32(24)29/h1-20,35-38H. The smallest absolute Gasteiger partial charge is 0.405 e. The minimum Gasteiger partial charge on any atom is -0.405 e. The molecule has 6 aromatic rings. The van der Waals surface area contributed by atoms with Gasteiger partial charge in [-0.05, 0) is 57.1 Å². The fourth-order valence-corrected chi connectivity index (χ4v) is 5.93. The summed E-state index contributed by atoms with van der Waals surface area (Å²) in [7, 11) is 0. The second-order valence-electron chi connectivity index (χ2n) is 10.1. The lowest BCUT2D eigenvalue weighted by Gasteiger charge is -2.27. The summed E-state index contributed by atoms with van der Waals surface area (Å²) < 4.78 is 0. The largest absolute Gasteiger partial charge is 0.406 e. The van der Waals surface area contributed by atoms with Crippen molar-refractivity contribution in [1.82, 2.24) is 0 Å². The van der Waals surface area contributed by atoms with Gasteiger partial charge in [0.25, 0.3) is 0 Å². The molecule has 2 aliphatic rings. The summed E-state index contributed by atoms with van der Waals surface area (Å²) in [6, 6.07) is 43.4. The molecule has 4 nitrogen and oxygen atoms in total. The van der Waals surface area contributed by atoms with Crippen LogP contribution in [0.5, 0.6) is 0 Å². The van der Waals surface area contributed by atoms with Gasteiger partial charge in [0, 0.05) is 33.5 Å². The molecule has 6 aromatic carbocycles. The van der Waals surface area contributed by atoms with Crippen LogP contribution in [0.15, 0.2) is 121 Å². The zero-order valence-electron chi connectivity index (χ0n) is 20.7. The molecule has 38 heavy (non-hydrogen) atoms. The van der Waals surface area contributed by atoms with Crippen LogP contribution < -0.4 is 31.8 Å². The molecule has 0 bridgehead atoms. The predicted octanol–water partition coefficient (Wildman–Crippen LogP) is 6.13. The Morgan fingerprint density at radius 1 is 0.342 bits per heavy atom. The molecule has 2 heterocycles. The summed E-state index contributed by atoms with van der Waals surface area (Å²) in [6.07, 6.45) is 0. The third-order valence-electron chi connectivity index (χ3n) is 7.83. The summed E-state index contributed by atoms with van der Waals surface area (Å²) in [4.78, 5) is 0. The lowest BCUT2D eigenvalue weighted by Crippen LogP contribution is -2.47. The van der Waals surface area contributed by atoms with Crippen molar-refractivity contribution in [2.75, 3.05) is 20.9 Å². The van der Waals surface area contributed by atoms with Crippen LogP contribution in [0.1, 0.15) is 0 Å². The van der Waals surface area contributed by atoms with E-state index >= 15 is 0 Å². The lowest BCUT2D eigenvalue weighted by atomic mass is 9.65. The molecule has 0 unspecified atom stereocenters. The van der Waals surface area contributed by atoms with E-state index in [1.807, 2.05) is 0 Å². The first-order chi connectivity index (χ1) is 18.8. The lowest BCUT2D eigenvalue weighted by molar-refractivity contribution is 1.58. The number of benzene rings is 6. The maximum absolute atomic E-state index is 3.67. The third kappa shape index (κ3) is 3.41. The van der Waals surface area contributed by atoms with E-state index in [0.717, 1.165) is 0 Å². The van der Waals surface area contributed by atoms with Gasteiger partial charge in [0.15, 0.2) is 0 Å². The second kappa shape index (κ2) is 8.35. The van der Waals surface area contributed by atoms with Crippen molar-refractivity contribution in [3.05, 3.63) is 121 Å². The van der Waals surface area contributed by atoms with E-state index < -0.39 is 0 Å². The number of nitrogens with one attached hydrogen (secondary N) is 4. The fourth-order valence-electron chi connectivity index (χ4n) is 5.93. The molecule has 4 N–H and O–H groups in total. The van der Waals surface area contributed by atoms with Gasteiger partial charge in [-0.25, -0.2) is 0 Å². The molecule has 0 aliphatic carbocycles. The van der Waals surface area contributed by atoms with Crippen LogP contribution in [-0.4, -0.2) is 14.0 Å². The first-order valence-corrected chi connectivity index (χ1v) is 13.1. The summed E-state index contributed by atoms with van der Waals surface area (Å²) in [5, 5.41) is 19.7. The second-order valence-corrected chi connectivity index (χ2v) is 10.1. The Labute approximate surface area is 222 Å². The summed E-state index contributed by atoms with van der Waals surface area (Å²) in [5.74, 6) is 0. The van der Waals surface area contributed by atoms with E-state index in [0.29, 0.717) is 0 Å². The van der Waals surface area contributed by atoms with Crippen LogP contribution in [0.4, 0.5) is 22.7 Å². The summed E-state index contributed by atoms with van der Waals surface area (Å²) in [5.41, 5.74) is 9.52. The maximum atomic E-state index is 3.67. The van der Waals surface area contributed by atoms with Gasteiger partial charge in [0.05, 0.1) is 0 Å². The van der Waals surface area contributed by atoms with E-state index in [-0.39, 0.29) is 14.0 Å². The fraction of sp³-hybridized carbons (Fsp3) is 0. The molecular weight excluding hydrogens is 462 g/mol. The van der Waals surface area contributed by atoms with Gasteiger partial charge in [-0.2, -0.15) is 0 Å². The van der Waals surface area contributed by atoms with Gasteiger partial charge in [-0.1, -0.05) is 97.1 Å². The van der Waals surface area contributed by atoms with E-state index in [4.69, 9.17) is 0 Å². The highest BCUT2D eigenvalue weighted by atomic mass is 15.0. The molecule has 0 radical (unpaired) electrons. The molecule has 0 fully saturated rings. The molecule has 8 rings (SSSR count). The average Bonchev–Trinajstić information content (AvgIpc) is 2.98. The quantitative estimate of drug-likeness (QED) is 0.228. The SMILES string of the molecule is c1cc2c3c(cccc3c1)NB(c1ccc(-c3ccc(B4Nc5cccc6cccc(c56)N4)cc3)cc1)N2. The highest BCUT2D eigenvalue weighted by Crippen LogP contribution is 2.35. The van der Waals surface area contributed by atoms with E-state index in [1.54, 1.807) is 0 Å². The number of hydrogen-bond acceptors (Lipinski definition) is 4. The Hall–Kier alpha value is -4.83. The number of anilines is 4. The molecule has 0 aromatic heterocycles. The van der Waals surface area contributed by atoms with Gasteiger partial charge < -0.3 is 20.9 Å². The molecule has 0 saturated heterocycles. The van der Waals surface area contributed by atoms with E-state index in [2.05, 4.69) is 142 Å². The first-order valence-electron chi connectivity index (χ1n) is 13.1. The first kappa shape index (κ1) is 21.3. The Morgan fingerprint density at radius 3 is 0.974 bits per heavy atom.